The average Bonchev–Trinajstić information content (AvgIpc) is 2.37. The molecule has 1 aromatic rings. The highest BCUT2D eigenvalue weighted by Crippen LogP contribution is 2.22. The van der Waals surface area contributed by atoms with Gasteiger partial charge in [-0.15, -0.1) is 0 Å². The number of nitrogens with zero attached hydrogens (tertiary/aromatic N) is 2. The van der Waals surface area contributed by atoms with E-state index >= 15 is 0 Å². The fourth-order valence-electron chi connectivity index (χ4n) is 1.98. The molecule has 0 aromatic heterocycles. The summed E-state index contributed by atoms with van der Waals surface area (Å²) in [5.41, 5.74) is -0.0833. The molecular weight excluding hydrogens is 267 g/mol. The van der Waals surface area contributed by atoms with E-state index in [9.17, 15) is 14.5 Å². The normalized spacial score (nSPS) is 12.7. The number of halogens is 1. The smallest absolute Gasteiger partial charge is 0.298 e. The Hall–Kier alpha value is -1.14. The Kier molecular flexibility index (Phi) is 6.24. The molecule has 0 fully saturated rings. The molecule has 1 rings (SSSR count). The highest BCUT2D eigenvalue weighted by molar-refractivity contribution is 7.98. The Balaban J connectivity index is 2.87. The van der Waals surface area contributed by atoms with E-state index in [-0.39, 0.29) is 0 Å². The number of thioether (sulfide) groups is 1. The summed E-state index contributed by atoms with van der Waals surface area (Å²) in [6.07, 6.45) is 3.00. The summed E-state index contributed by atoms with van der Waals surface area (Å²) in [7, 11) is 1.92. The Morgan fingerprint density at radius 2 is 2.21 bits per heavy atom. The summed E-state index contributed by atoms with van der Waals surface area (Å²) in [6, 6.07) is 4.66. The second-order valence-corrected chi connectivity index (χ2v) is 5.35. The Morgan fingerprint density at radius 3 is 2.74 bits per heavy atom. The van der Waals surface area contributed by atoms with Crippen molar-refractivity contribution in [3.05, 3.63) is 39.7 Å². The number of rotatable bonds is 7. The Bertz CT molecular complexity index is 443. The summed E-state index contributed by atoms with van der Waals surface area (Å²) in [4.78, 5) is 12.1. The van der Waals surface area contributed by atoms with Gasteiger partial charge < -0.3 is 0 Å². The van der Waals surface area contributed by atoms with E-state index in [1.165, 1.54) is 12.1 Å². The van der Waals surface area contributed by atoms with Crippen molar-refractivity contribution in [3.63, 3.8) is 0 Å². The van der Waals surface area contributed by atoms with Gasteiger partial charge in [0.25, 0.3) is 0 Å². The van der Waals surface area contributed by atoms with Crippen LogP contribution in [0.25, 0.3) is 0 Å². The fourth-order valence-corrected chi connectivity index (χ4v) is 2.85. The number of benzene rings is 1. The minimum Gasteiger partial charge on any atom is -0.298 e. The molecule has 0 bridgehead atoms. The summed E-state index contributed by atoms with van der Waals surface area (Å²) in [5.74, 6) is 0.238. The minimum atomic E-state index is -0.724. The molecule has 0 radical (unpaired) electrons. The summed E-state index contributed by atoms with van der Waals surface area (Å²) in [6.45, 7) is 2.47. The third-order valence-electron chi connectivity index (χ3n) is 3.13. The second-order valence-electron chi connectivity index (χ2n) is 4.44. The van der Waals surface area contributed by atoms with Crippen LogP contribution in [0.2, 0.25) is 0 Å². The van der Waals surface area contributed by atoms with E-state index < -0.39 is 16.4 Å². The van der Waals surface area contributed by atoms with Gasteiger partial charge in [-0.1, -0.05) is 19.1 Å². The maximum atomic E-state index is 14.0. The molecule has 1 aromatic carbocycles. The molecule has 0 amide bonds. The molecule has 0 heterocycles. The van der Waals surface area contributed by atoms with Gasteiger partial charge in [0.15, 0.2) is 0 Å². The van der Waals surface area contributed by atoms with Gasteiger partial charge in [0.05, 0.1) is 4.92 Å². The largest absolute Gasteiger partial charge is 0.305 e. The zero-order chi connectivity index (χ0) is 14.4. The van der Waals surface area contributed by atoms with Crippen LogP contribution in [0, 0.1) is 15.9 Å². The molecule has 0 aliphatic carbocycles. The fraction of sp³-hybridized carbons (Fsp3) is 0.538. The molecule has 0 saturated heterocycles. The number of nitro benzene ring substituents is 1. The van der Waals surface area contributed by atoms with Crippen LogP contribution in [0.1, 0.15) is 18.9 Å². The van der Waals surface area contributed by atoms with E-state index in [1.54, 1.807) is 17.8 Å². The Morgan fingerprint density at radius 1 is 1.53 bits per heavy atom. The molecule has 4 nitrogen and oxygen atoms in total. The van der Waals surface area contributed by atoms with Gasteiger partial charge in [-0.3, -0.25) is 15.0 Å². The van der Waals surface area contributed by atoms with E-state index in [0.717, 1.165) is 12.2 Å². The Labute approximate surface area is 117 Å². The monoisotopic (exact) mass is 286 g/mol. The standard InChI is InChI=1S/C13H19FN2O2S/c1-4-11(9-19-3)15(2)8-10-6-5-7-12(13(10)14)16(17)18/h5-7,11H,4,8-9H2,1-3H3. The van der Waals surface area contributed by atoms with Crippen molar-refractivity contribution < 1.29 is 9.31 Å². The van der Waals surface area contributed by atoms with Crippen molar-refractivity contribution in [3.8, 4) is 0 Å². The first-order chi connectivity index (χ1) is 9.01. The lowest BCUT2D eigenvalue weighted by Crippen LogP contribution is -2.33. The van der Waals surface area contributed by atoms with Crippen molar-refractivity contribution in [2.24, 2.45) is 0 Å². The lowest BCUT2D eigenvalue weighted by Gasteiger charge is -2.26. The predicted molar refractivity (Wildman–Crippen MR) is 77.0 cm³/mol. The minimum absolute atomic E-state index is 0.341. The lowest BCUT2D eigenvalue weighted by atomic mass is 10.1. The van der Waals surface area contributed by atoms with Crippen LogP contribution in [0.15, 0.2) is 18.2 Å². The molecule has 1 unspecified atom stereocenters. The van der Waals surface area contributed by atoms with Crippen molar-refractivity contribution in [1.29, 1.82) is 0 Å². The molecule has 0 aliphatic heterocycles. The van der Waals surface area contributed by atoms with E-state index in [4.69, 9.17) is 0 Å². The highest BCUT2D eigenvalue weighted by atomic mass is 32.2. The molecule has 106 valence electrons. The van der Waals surface area contributed by atoms with Crippen molar-refractivity contribution in [2.75, 3.05) is 19.1 Å². The highest BCUT2D eigenvalue weighted by Gasteiger charge is 2.20. The van der Waals surface area contributed by atoms with Gasteiger partial charge in [-0.25, -0.2) is 0 Å². The van der Waals surface area contributed by atoms with Crippen LogP contribution in [-0.4, -0.2) is 34.9 Å². The van der Waals surface area contributed by atoms with Crippen LogP contribution in [0.5, 0.6) is 0 Å². The van der Waals surface area contributed by atoms with Gasteiger partial charge in [0.2, 0.25) is 5.82 Å². The average molecular weight is 286 g/mol. The quantitative estimate of drug-likeness (QED) is 0.570. The van der Waals surface area contributed by atoms with Crippen LogP contribution >= 0.6 is 11.8 Å². The first-order valence-electron chi connectivity index (χ1n) is 6.12. The molecule has 0 aliphatic rings. The zero-order valence-electron chi connectivity index (χ0n) is 11.4. The first-order valence-corrected chi connectivity index (χ1v) is 7.51. The van der Waals surface area contributed by atoms with Gasteiger partial charge in [0, 0.05) is 30.0 Å². The lowest BCUT2D eigenvalue weighted by molar-refractivity contribution is -0.387. The van der Waals surface area contributed by atoms with Gasteiger partial charge in [0.1, 0.15) is 0 Å². The molecule has 0 N–H and O–H groups in total. The number of hydrogen-bond donors (Lipinski definition) is 0. The van der Waals surface area contributed by atoms with Crippen LogP contribution in [-0.2, 0) is 6.54 Å². The van der Waals surface area contributed by atoms with E-state index in [1.807, 2.05) is 18.2 Å². The number of nitro groups is 1. The maximum absolute atomic E-state index is 14.0. The van der Waals surface area contributed by atoms with Gasteiger partial charge in [-0.05, 0) is 19.7 Å². The van der Waals surface area contributed by atoms with Crippen LogP contribution < -0.4 is 0 Å². The van der Waals surface area contributed by atoms with Crippen molar-refractivity contribution >= 4 is 17.4 Å². The third-order valence-corrected chi connectivity index (χ3v) is 3.85. The van der Waals surface area contributed by atoms with E-state index in [0.29, 0.717) is 18.2 Å². The zero-order valence-corrected chi connectivity index (χ0v) is 12.2. The molecule has 0 spiro atoms. The van der Waals surface area contributed by atoms with Gasteiger partial charge >= 0.3 is 5.69 Å². The maximum Gasteiger partial charge on any atom is 0.305 e. The summed E-state index contributed by atoms with van der Waals surface area (Å²) >= 11 is 1.74. The van der Waals surface area contributed by atoms with Crippen molar-refractivity contribution in [2.45, 2.75) is 25.9 Å². The number of hydrogen-bond acceptors (Lipinski definition) is 4. The van der Waals surface area contributed by atoms with Crippen LogP contribution in [0.3, 0.4) is 0 Å². The summed E-state index contributed by atoms with van der Waals surface area (Å²) in [5, 5.41) is 10.7. The SMILES string of the molecule is CCC(CSC)N(C)Cc1cccc([N+](=O)[O-])c1F. The molecule has 19 heavy (non-hydrogen) atoms. The molecule has 6 heteroatoms. The van der Waals surface area contributed by atoms with Crippen LogP contribution in [0.4, 0.5) is 10.1 Å². The first kappa shape index (κ1) is 15.9. The third kappa shape index (κ3) is 4.18. The molecule has 1 atom stereocenters. The molecular formula is C13H19FN2O2S. The van der Waals surface area contributed by atoms with Crippen molar-refractivity contribution in [1.82, 2.24) is 4.90 Å². The second kappa shape index (κ2) is 7.45. The summed E-state index contributed by atoms with van der Waals surface area (Å²) < 4.78 is 14.0. The topological polar surface area (TPSA) is 46.4 Å². The predicted octanol–water partition coefficient (Wildman–Crippen LogP) is 3.31. The van der Waals surface area contributed by atoms with Gasteiger partial charge in [-0.2, -0.15) is 16.2 Å². The van der Waals surface area contributed by atoms with E-state index in [2.05, 4.69) is 6.92 Å². The molecule has 0 saturated carbocycles.